The molecule has 0 saturated heterocycles. The van der Waals surface area contributed by atoms with Crippen LogP contribution in [-0.2, 0) is 6.18 Å². The number of alkyl halides is 3. The number of aromatic amines is 1. The van der Waals surface area contributed by atoms with Crippen LogP contribution < -0.4 is 10.6 Å². The summed E-state index contributed by atoms with van der Waals surface area (Å²) in [6, 6.07) is 6.05. The van der Waals surface area contributed by atoms with Crippen LogP contribution in [0.15, 0.2) is 46.4 Å². The SMILES string of the molecule is O=C(Nc1nc2ccc(C(F)(F)F)cc2[nH]1)c1csc(NC(=O)c2ccco2)n1. The maximum absolute atomic E-state index is 12.8. The summed E-state index contributed by atoms with van der Waals surface area (Å²) in [6.07, 6.45) is -3.14. The first kappa shape index (κ1) is 18.7. The number of rotatable bonds is 4. The number of halogens is 3. The second-order valence-corrected chi connectivity index (χ2v) is 6.60. The Morgan fingerprint density at radius 1 is 1.10 bits per heavy atom. The molecule has 8 nitrogen and oxygen atoms in total. The Morgan fingerprint density at radius 2 is 1.93 bits per heavy atom. The Balaban J connectivity index is 1.47. The molecular formula is C17H10F3N5O3S. The molecule has 0 fully saturated rings. The number of nitrogens with one attached hydrogen (secondary N) is 3. The van der Waals surface area contributed by atoms with Gasteiger partial charge in [0.05, 0.1) is 22.9 Å². The van der Waals surface area contributed by atoms with Gasteiger partial charge >= 0.3 is 6.18 Å². The molecule has 0 unspecified atom stereocenters. The third-order valence-corrected chi connectivity index (χ3v) is 4.50. The number of hydrogen-bond acceptors (Lipinski definition) is 6. The van der Waals surface area contributed by atoms with E-state index in [1.54, 1.807) is 6.07 Å². The molecule has 29 heavy (non-hydrogen) atoms. The molecule has 3 N–H and O–H groups in total. The number of furan rings is 1. The molecule has 0 spiro atoms. The fourth-order valence-corrected chi connectivity index (χ4v) is 3.10. The lowest BCUT2D eigenvalue weighted by atomic mass is 10.2. The van der Waals surface area contributed by atoms with E-state index in [1.807, 2.05) is 0 Å². The van der Waals surface area contributed by atoms with Crippen LogP contribution in [0.25, 0.3) is 11.0 Å². The first-order chi connectivity index (χ1) is 13.8. The summed E-state index contributed by atoms with van der Waals surface area (Å²) in [5.41, 5.74) is -0.443. The molecule has 3 heterocycles. The predicted molar refractivity (Wildman–Crippen MR) is 97.8 cm³/mol. The van der Waals surface area contributed by atoms with Gasteiger partial charge in [0.2, 0.25) is 5.95 Å². The fraction of sp³-hybridized carbons (Fsp3) is 0.0588. The number of thiazole rings is 1. The van der Waals surface area contributed by atoms with Gasteiger partial charge in [-0.15, -0.1) is 11.3 Å². The number of fused-ring (bicyclic) bond motifs is 1. The van der Waals surface area contributed by atoms with Gasteiger partial charge in [-0.25, -0.2) is 9.97 Å². The standard InChI is InChI=1S/C17H10F3N5O3S/c18-17(19,20)8-3-4-9-10(6-8)22-15(21-9)24-13(26)11-7-29-16(23-11)25-14(27)12-2-1-5-28-12/h1-7H,(H,23,25,27)(H2,21,22,24,26). The van der Waals surface area contributed by atoms with Crippen molar-refractivity contribution < 1.29 is 27.2 Å². The van der Waals surface area contributed by atoms with Crippen LogP contribution in [0.1, 0.15) is 26.6 Å². The fourth-order valence-electron chi connectivity index (χ4n) is 2.42. The summed E-state index contributed by atoms with van der Waals surface area (Å²) in [7, 11) is 0. The van der Waals surface area contributed by atoms with Gasteiger partial charge < -0.3 is 9.40 Å². The van der Waals surface area contributed by atoms with Crippen molar-refractivity contribution in [1.82, 2.24) is 15.0 Å². The van der Waals surface area contributed by atoms with Gasteiger partial charge in [0.1, 0.15) is 5.69 Å². The molecule has 4 rings (SSSR count). The van der Waals surface area contributed by atoms with Gasteiger partial charge in [-0.2, -0.15) is 13.2 Å². The second-order valence-electron chi connectivity index (χ2n) is 5.74. The number of anilines is 2. The minimum absolute atomic E-state index is 0.00109. The number of carbonyl (C=O) groups excluding carboxylic acids is 2. The van der Waals surface area contributed by atoms with E-state index in [2.05, 4.69) is 25.6 Å². The molecule has 1 aromatic carbocycles. The van der Waals surface area contributed by atoms with E-state index in [0.29, 0.717) is 0 Å². The van der Waals surface area contributed by atoms with Gasteiger partial charge in [0.15, 0.2) is 10.9 Å². The highest BCUT2D eigenvalue weighted by atomic mass is 32.1. The number of amides is 2. The molecule has 0 radical (unpaired) electrons. The van der Waals surface area contributed by atoms with Crippen molar-refractivity contribution in [3.8, 4) is 0 Å². The number of imidazole rings is 1. The Morgan fingerprint density at radius 3 is 2.66 bits per heavy atom. The lowest BCUT2D eigenvalue weighted by Gasteiger charge is -2.05. The molecule has 0 aliphatic carbocycles. The summed E-state index contributed by atoms with van der Waals surface area (Å²) in [5, 5.41) is 6.51. The van der Waals surface area contributed by atoms with Gasteiger partial charge in [-0.05, 0) is 30.3 Å². The maximum Gasteiger partial charge on any atom is 0.416 e. The zero-order valence-corrected chi connectivity index (χ0v) is 15.0. The molecular weight excluding hydrogens is 411 g/mol. The van der Waals surface area contributed by atoms with Crippen LogP contribution in [0.5, 0.6) is 0 Å². The summed E-state index contributed by atoms with van der Waals surface area (Å²) in [6.45, 7) is 0. The van der Waals surface area contributed by atoms with Gasteiger partial charge in [0.25, 0.3) is 11.8 Å². The zero-order valence-electron chi connectivity index (χ0n) is 14.2. The minimum Gasteiger partial charge on any atom is -0.459 e. The van der Waals surface area contributed by atoms with Crippen molar-refractivity contribution in [3.05, 3.63) is 59.0 Å². The van der Waals surface area contributed by atoms with Crippen molar-refractivity contribution in [2.75, 3.05) is 10.6 Å². The van der Waals surface area contributed by atoms with Crippen LogP contribution in [-0.4, -0.2) is 26.8 Å². The smallest absolute Gasteiger partial charge is 0.416 e. The quantitative estimate of drug-likeness (QED) is 0.459. The summed E-state index contributed by atoms with van der Waals surface area (Å²) < 4.78 is 43.3. The van der Waals surface area contributed by atoms with E-state index in [9.17, 15) is 22.8 Å². The van der Waals surface area contributed by atoms with Crippen LogP contribution in [0.4, 0.5) is 24.3 Å². The number of nitrogens with zero attached hydrogens (tertiary/aromatic N) is 2. The first-order valence-corrected chi connectivity index (χ1v) is 8.86. The highest BCUT2D eigenvalue weighted by molar-refractivity contribution is 7.14. The average molecular weight is 421 g/mol. The van der Waals surface area contributed by atoms with Crippen molar-refractivity contribution >= 4 is 45.3 Å². The minimum atomic E-state index is -4.49. The summed E-state index contributed by atoms with van der Waals surface area (Å²) in [5.74, 6) is -1.10. The highest BCUT2D eigenvalue weighted by Gasteiger charge is 2.30. The maximum atomic E-state index is 12.8. The third kappa shape index (κ3) is 3.96. The number of aromatic nitrogens is 3. The molecule has 148 valence electrons. The molecule has 4 aromatic rings. The number of benzene rings is 1. The summed E-state index contributed by atoms with van der Waals surface area (Å²) >= 11 is 1.02. The van der Waals surface area contributed by atoms with Gasteiger partial charge in [-0.3, -0.25) is 20.2 Å². The lowest BCUT2D eigenvalue weighted by molar-refractivity contribution is -0.137. The highest BCUT2D eigenvalue weighted by Crippen LogP contribution is 2.31. The molecule has 0 aliphatic rings. The van der Waals surface area contributed by atoms with E-state index >= 15 is 0 Å². The Bertz CT molecular complexity index is 1200. The van der Waals surface area contributed by atoms with Crippen molar-refractivity contribution in [2.24, 2.45) is 0 Å². The van der Waals surface area contributed by atoms with Crippen LogP contribution in [0.3, 0.4) is 0 Å². The third-order valence-electron chi connectivity index (χ3n) is 3.74. The number of H-pyrrole nitrogens is 1. The molecule has 0 saturated carbocycles. The largest absolute Gasteiger partial charge is 0.459 e. The molecule has 2 amide bonds. The topological polar surface area (TPSA) is 113 Å². The van der Waals surface area contributed by atoms with E-state index in [0.717, 1.165) is 23.5 Å². The second kappa shape index (κ2) is 7.05. The van der Waals surface area contributed by atoms with Crippen LogP contribution in [0.2, 0.25) is 0 Å². The predicted octanol–water partition coefficient (Wildman–Crippen LogP) is 4.14. The van der Waals surface area contributed by atoms with Gasteiger partial charge in [0, 0.05) is 5.38 Å². The monoisotopic (exact) mass is 421 g/mol. The van der Waals surface area contributed by atoms with Crippen LogP contribution >= 0.6 is 11.3 Å². The lowest BCUT2D eigenvalue weighted by Crippen LogP contribution is -2.14. The molecule has 3 aromatic heterocycles. The number of carbonyl (C=O) groups is 2. The first-order valence-electron chi connectivity index (χ1n) is 7.98. The van der Waals surface area contributed by atoms with Crippen molar-refractivity contribution in [2.45, 2.75) is 6.18 Å². The van der Waals surface area contributed by atoms with E-state index < -0.39 is 23.6 Å². The Labute approximate surface area is 163 Å². The molecule has 0 bridgehead atoms. The van der Waals surface area contributed by atoms with Crippen molar-refractivity contribution in [3.63, 3.8) is 0 Å². The van der Waals surface area contributed by atoms with E-state index in [1.165, 1.54) is 23.8 Å². The van der Waals surface area contributed by atoms with E-state index in [4.69, 9.17) is 4.42 Å². The van der Waals surface area contributed by atoms with Gasteiger partial charge in [-0.1, -0.05) is 0 Å². The molecule has 0 atom stereocenters. The van der Waals surface area contributed by atoms with Crippen LogP contribution in [0, 0.1) is 0 Å². The Hall–Kier alpha value is -3.67. The normalized spacial score (nSPS) is 11.6. The average Bonchev–Trinajstić information content (AvgIpc) is 3.40. The molecule has 0 aliphatic heterocycles. The molecule has 12 heteroatoms. The zero-order chi connectivity index (χ0) is 20.6. The van der Waals surface area contributed by atoms with E-state index in [-0.39, 0.29) is 33.6 Å². The summed E-state index contributed by atoms with van der Waals surface area (Å²) in [4.78, 5) is 34.9. The van der Waals surface area contributed by atoms with Crippen molar-refractivity contribution in [1.29, 1.82) is 0 Å². The number of hydrogen-bond donors (Lipinski definition) is 3. The Kier molecular flexibility index (Phi) is 4.54.